The third-order valence-electron chi connectivity index (χ3n) is 17.4. The highest BCUT2D eigenvalue weighted by atomic mass is 19.1. The summed E-state index contributed by atoms with van der Waals surface area (Å²) in [7, 11) is 0. The molecule has 2 aromatic heterocycles. The van der Waals surface area contributed by atoms with Crippen LogP contribution in [0.5, 0.6) is 11.8 Å². The molecular weight excluding hydrogens is 933 g/mol. The fraction of sp³-hybridized carbons (Fsp3) is 0.536. The first-order valence-electron chi connectivity index (χ1n) is 26.5. The van der Waals surface area contributed by atoms with E-state index in [9.17, 15) is 24.6 Å². The first-order chi connectivity index (χ1) is 35.1. The number of phenolic OH excluding ortho intramolecular Hbond substituents is 1. The van der Waals surface area contributed by atoms with Gasteiger partial charge in [0.05, 0.1) is 17.6 Å². The van der Waals surface area contributed by atoms with Crippen LogP contribution in [0.3, 0.4) is 0 Å². The molecule has 0 radical (unpaired) electrons. The van der Waals surface area contributed by atoms with E-state index in [4.69, 9.17) is 14.7 Å². The molecule has 3 aromatic carbocycles. The van der Waals surface area contributed by atoms with Gasteiger partial charge in [-0.3, -0.25) is 24.7 Å². The molecule has 3 amide bonds. The van der Waals surface area contributed by atoms with Gasteiger partial charge < -0.3 is 39.4 Å². The van der Waals surface area contributed by atoms with E-state index in [-0.39, 0.29) is 58.1 Å². The number of aromatic nitrogens is 3. The van der Waals surface area contributed by atoms with Gasteiger partial charge in [0.1, 0.15) is 34.6 Å². The number of β-amino-alcohol motifs (C(OH)–C–C–N with tert-alkyl or cyclic N) is 1. The summed E-state index contributed by atoms with van der Waals surface area (Å²) in [4.78, 5) is 62.9. The number of likely N-dealkylation sites (tertiary alicyclic amines) is 2. The quantitative estimate of drug-likeness (QED) is 0.110. The molecule has 1 unspecified atom stereocenters. The molecule has 2 atom stereocenters. The van der Waals surface area contributed by atoms with Gasteiger partial charge in [0, 0.05) is 93.7 Å². The van der Waals surface area contributed by atoms with Crippen molar-refractivity contribution in [2.45, 2.75) is 103 Å². The van der Waals surface area contributed by atoms with E-state index in [2.05, 4.69) is 31.1 Å². The Hall–Kier alpha value is -6.04. The molecule has 73 heavy (non-hydrogen) atoms. The van der Waals surface area contributed by atoms with Gasteiger partial charge in [-0.1, -0.05) is 13.0 Å². The maximum Gasteiger partial charge on any atom is 0.319 e. The molecule has 1 aliphatic carbocycles. The molecule has 8 heterocycles. The molecule has 0 bridgehead atoms. The Morgan fingerprint density at radius 3 is 2.40 bits per heavy atom. The van der Waals surface area contributed by atoms with Crippen LogP contribution in [0.15, 0.2) is 48.7 Å². The first kappa shape index (κ1) is 47.9. The lowest BCUT2D eigenvalue weighted by molar-refractivity contribution is -0.136. The van der Waals surface area contributed by atoms with Crippen LogP contribution in [-0.2, 0) is 22.6 Å². The summed E-state index contributed by atoms with van der Waals surface area (Å²) >= 11 is 0. The predicted octanol–water partition coefficient (Wildman–Crippen LogP) is 6.98. The number of rotatable bonds is 12. The summed E-state index contributed by atoms with van der Waals surface area (Å²) in [5, 5.41) is 25.7. The van der Waals surface area contributed by atoms with E-state index >= 15 is 8.78 Å². The van der Waals surface area contributed by atoms with Crippen molar-refractivity contribution in [1.29, 1.82) is 0 Å². The molecule has 1 saturated carbocycles. The van der Waals surface area contributed by atoms with E-state index in [1.165, 1.54) is 25.0 Å². The summed E-state index contributed by atoms with van der Waals surface area (Å²) in [6, 6.07) is 11.4. The van der Waals surface area contributed by atoms with Gasteiger partial charge in [-0.25, -0.2) is 8.78 Å². The SMILES string of the molecule is CCc1c(F)ccc2cc(O)cc(-c3ncc4c(N5CCC[C@@](C)(O)C5)nc(OCC5(CN6CCC7(CC6)CN(CC6CCN(c8ccc9c(c8)CN(C8CCC(=O)NC8=O)C9=O)CC6)C7)CC5)nc4c3F)c12. The van der Waals surface area contributed by atoms with Gasteiger partial charge in [0.2, 0.25) is 11.8 Å². The largest absolute Gasteiger partial charge is 0.508 e. The van der Waals surface area contributed by atoms with Crippen LogP contribution in [0.2, 0.25) is 0 Å². The second kappa shape index (κ2) is 18.4. The fourth-order valence-electron chi connectivity index (χ4n) is 13.2. The Balaban J connectivity index is 0.660. The smallest absolute Gasteiger partial charge is 0.319 e. The third-order valence-corrected chi connectivity index (χ3v) is 17.4. The number of carbonyl (C=O) groups excluding carboxylic acids is 3. The summed E-state index contributed by atoms with van der Waals surface area (Å²) in [5.74, 6) is -0.923. The Labute approximate surface area is 423 Å². The molecule has 7 aliphatic rings. The van der Waals surface area contributed by atoms with Crippen LogP contribution in [-0.4, -0.2) is 141 Å². The van der Waals surface area contributed by atoms with Gasteiger partial charge in [-0.2, -0.15) is 9.97 Å². The number of fused-ring (bicyclic) bond motifs is 3. The van der Waals surface area contributed by atoms with Crippen molar-refractivity contribution < 1.29 is 38.1 Å². The lowest BCUT2D eigenvalue weighted by atomic mass is 9.71. The average molecular weight is 998 g/mol. The Morgan fingerprint density at radius 2 is 1.66 bits per heavy atom. The van der Waals surface area contributed by atoms with E-state index in [0.29, 0.717) is 89.9 Å². The highest BCUT2D eigenvalue weighted by Gasteiger charge is 2.49. The molecule has 17 heteroatoms. The Bertz CT molecular complexity index is 3030. The minimum absolute atomic E-state index is 0.0183. The topological polar surface area (TPSA) is 168 Å². The molecule has 15 nitrogen and oxygen atoms in total. The highest BCUT2D eigenvalue weighted by Crippen LogP contribution is 2.49. The van der Waals surface area contributed by atoms with E-state index in [1.807, 2.05) is 24.0 Å². The molecule has 6 aliphatic heterocycles. The number of pyridine rings is 1. The number of imide groups is 1. The molecule has 5 aromatic rings. The number of aryl methyl sites for hydroxylation is 1. The lowest BCUT2D eigenvalue weighted by Crippen LogP contribution is -2.61. The van der Waals surface area contributed by atoms with Crippen molar-refractivity contribution >= 4 is 50.9 Å². The second-order valence-corrected chi connectivity index (χ2v) is 22.9. The highest BCUT2D eigenvalue weighted by molar-refractivity contribution is 6.06. The number of benzene rings is 3. The van der Waals surface area contributed by atoms with Crippen molar-refractivity contribution in [2.24, 2.45) is 16.7 Å². The zero-order valence-electron chi connectivity index (χ0n) is 41.9. The molecule has 6 fully saturated rings. The zero-order valence-corrected chi connectivity index (χ0v) is 41.9. The number of ether oxygens (including phenoxy) is 1. The van der Waals surface area contributed by atoms with Crippen LogP contribution in [0.4, 0.5) is 20.3 Å². The minimum atomic E-state index is -0.962. The van der Waals surface area contributed by atoms with Gasteiger partial charge in [0.25, 0.3) is 5.91 Å². The number of halogens is 2. The summed E-state index contributed by atoms with van der Waals surface area (Å²) in [6.45, 7) is 13.7. The first-order valence-corrected chi connectivity index (χ1v) is 26.5. The average Bonchev–Trinajstić information content (AvgIpc) is 4.06. The van der Waals surface area contributed by atoms with Crippen LogP contribution in [0.25, 0.3) is 32.9 Å². The zero-order chi connectivity index (χ0) is 50.4. The number of carbonyl (C=O) groups is 3. The number of hydrogen-bond donors (Lipinski definition) is 3. The second-order valence-electron chi connectivity index (χ2n) is 22.9. The van der Waals surface area contributed by atoms with Crippen molar-refractivity contribution in [2.75, 3.05) is 81.9 Å². The number of anilines is 2. The number of aliphatic hydroxyl groups is 1. The Morgan fingerprint density at radius 1 is 0.863 bits per heavy atom. The predicted molar refractivity (Wildman–Crippen MR) is 272 cm³/mol. The molecule has 1 spiro atoms. The van der Waals surface area contributed by atoms with Crippen molar-refractivity contribution in [3.05, 3.63) is 77.0 Å². The lowest BCUT2D eigenvalue weighted by Gasteiger charge is -2.55. The normalized spacial score (nSPS) is 24.4. The van der Waals surface area contributed by atoms with E-state index in [1.54, 1.807) is 30.2 Å². The van der Waals surface area contributed by atoms with Crippen LogP contribution < -0.4 is 19.9 Å². The van der Waals surface area contributed by atoms with Gasteiger partial charge in [-0.05, 0) is 154 Å². The van der Waals surface area contributed by atoms with Crippen molar-refractivity contribution in [3.8, 4) is 23.0 Å². The molecule has 3 N–H and O–H groups in total. The standard InChI is InChI=1S/C56H65F2N9O6/c1-3-39-43(57)8-5-35-24-38(68)25-41(46(35)39)48-47(58)49-42(26-59-48)50(66-18-4-13-54(2,72)29-66)62-53(61-49)73-33-56(14-15-56)32-63-21-16-55(17-22-63)30-64(31-55)27-34-11-19-65(20-12-34)37-6-7-40-36(23-37)28-67(52(40)71)44-9-10-45(69)60-51(44)70/h5-8,23-26,34,44,68,72H,3-4,9-22,27-33H2,1-2H3,(H,60,69,70)/t44?,54-/m1/s1. The molecule has 384 valence electrons. The third kappa shape index (κ3) is 9.13. The summed E-state index contributed by atoms with van der Waals surface area (Å²) in [5.41, 5.74) is 2.73. The number of aromatic hydroxyl groups is 1. The number of nitrogens with zero attached hydrogens (tertiary/aromatic N) is 8. The van der Waals surface area contributed by atoms with E-state index < -0.39 is 23.3 Å². The van der Waals surface area contributed by atoms with Crippen LogP contribution >= 0.6 is 0 Å². The number of amides is 3. The summed E-state index contributed by atoms with van der Waals surface area (Å²) < 4.78 is 38.8. The van der Waals surface area contributed by atoms with Gasteiger partial charge in [-0.15, -0.1) is 0 Å². The van der Waals surface area contributed by atoms with Gasteiger partial charge >= 0.3 is 6.01 Å². The number of hydrogen-bond acceptors (Lipinski definition) is 13. The number of nitrogens with one attached hydrogen (secondary N) is 1. The molecule has 5 saturated heterocycles. The van der Waals surface area contributed by atoms with Crippen molar-refractivity contribution in [1.82, 2.24) is 35.0 Å². The van der Waals surface area contributed by atoms with Crippen LogP contribution in [0.1, 0.15) is 99.5 Å². The fourth-order valence-corrected chi connectivity index (χ4v) is 13.2. The van der Waals surface area contributed by atoms with E-state index in [0.717, 1.165) is 95.7 Å². The number of phenols is 1. The molecular formula is C56H65F2N9O6. The molecule has 12 rings (SSSR count). The van der Waals surface area contributed by atoms with Crippen molar-refractivity contribution in [3.63, 3.8) is 0 Å². The monoisotopic (exact) mass is 998 g/mol. The van der Waals surface area contributed by atoms with Crippen LogP contribution in [0, 0.1) is 28.4 Å². The maximum atomic E-state index is 17.2. The minimum Gasteiger partial charge on any atom is -0.508 e. The summed E-state index contributed by atoms with van der Waals surface area (Å²) in [6.07, 6.45) is 10.5. The number of piperidine rings is 4. The Kier molecular flexibility index (Phi) is 12.1. The van der Waals surface area contributed by atoms with Gasteiger partial charge in [0.15, 0.2) is 5.82 Å². The maximum absolute atomic E-state index is 17.2.